The molecule has 6 atom stereocenters. The van der Waals surface area contributed by atoms with Crippen molar-refractivity contribution in [3.05, 3.63) is 35.4 Å². The van der Waals surface area contributed by atoms with Crippen LogP contribution in [0.4, 0.5) is 4.79 Å². The maximum Gasteiger partial charge on any atom is 0.408 e. The van der Waals surface area contributed by atoms with Crippen LogP contribution >= 0.6 is 0 Å². The minimum atomic E-state index is -0.919. The molecule has 10 heteroatoms. The molecule has 3 amide bonds. The molecule has 2 bridgehead atoms. The summed E-state index contributed by atoms with van der Waals surface area (Å²) >= 11 is 0. The number of benzene rings is 1. The Kier molecular flexibility index (Phi) is 6.33. The molecule has 37 heavy (non-hydrogen) atoms. The van der Waals surface area contributed by atoms with E-state index in [4.69, 9.17) is 4.74 Å². The number of nitrogens with one attached hydrogen (secondary N) is 1. The SMILES string of the molecule is CC(C)(C)OC(=O)NC(CN1C[C@@H]2C[C@H]1C(=O)N2Cc1cccc(C#N)c1)C(=O)N1C(C#N)C[C@@H]2C[C@@H]21. The van der Waals surface area contributed by atoms with Crippen LogP contribution in [0.2, 0.25) is 0 Å². The van der Waals surface area contributed by atoms with E-state index < -0.39 is 23.8 Å². The summed E-state index contributed by atoms with van der Waals surface area (Å²) in [5.41, 5.74) is 0.733. The Balaban J connectivity index is 1.29. The summed E-state index contributed by atoms with van der Waals surface area (Å²) in [6.45, 7) is 6.45. The lowest BCUT2D eigenvalue weighted by Crippen LogP contribution is -2.59. The molecule has 4 aliphatic rings. The Bertz CT molecular complexity index is 1200. The number of hydrogen-bond donors (Lipinski definition) is 1. The van der Waals surface area contributed by atoms with Gasteiger partial charge in [0.1, 0.15) is 17.7 Å². The zero-order valence-electron chi connectivity index (χ0n) is 21.4. The standard InChI is InChI=1S/C27H32N6O4/c1-27(2,3)37-26(36)30-21(24(34)33-19(12-29)8-18-9-22(18)33)15-31-14-20-10-23(31)25(35)32(20)13-17-6-4-5-16(7-17)11-28/h4-7,18-23H,8-10,13-15H2,1-3H3,(H,30,36)/t18-,19?,20+,21?,22+,23+/m1/s1. The number of carbonyl (C=O) groups excluding carboxylic acids is 3. The van der Waals surface area contributed by atoms with Gasteiger partial charge in [0.15, 0.2) is 0 Å². The molecular formula is C27H32N6O4. The minimum Gasteiger partial charge on any atom is -0.444 e. The number of nitriles is 2. The van der Waals surface area contributed by atoms with Gasteiger partial charge in [-0.2, -0.15) is 10.5 Å². The highest BCUT2D eigenvalue weighted by molar-refractivity contribution is 5.88. The summed E-state index contributed by atoms with van der Waals surface area (Å²) in [5, 5.41) is 21.5. The Morgan fingerprint density at radius 2 is 2.00 bits per heavy atom. The van der Waals surface area contributed by atoms with E-state index in [-0.39, 0.29) is 36.5 Å². The Morgan fingerprint density at radius 1 is 1.22 bits per heavy atom. The van der Waals surface area contributed by atoms with Crippen molar-refractivity contribution < 1.29 is 19.1 Å². The van der Waals surface area contributed by atoms with E-state index in [1.54, 1.807) is 37.8 Å². The van der Waals surface area contributed by atoms with Crippen molar-refractivity contribution in [3.8, 4) is 12.1 Å². The molecule has 3 aliphatic heterocycles. The highest BCUT2D eigenvalue weighted by atomic mass is 16.6. The molecule has 3 saturated heterocycles. The first-order valence-electron chi connectivity index (χ1n) is 12.8. The number of alkyl carbamates (subject to hydrolysis) is 1. The van der Waals surface area contributed by atoms with Crippen LogP contribution in [0.15, 0.2) is 24.3 Å². The zero-order chi connectivity index (χ0) is 26.5. The number of piperidine rings is 1. The molecule has 10 nitrogen and oxygen atoms in total. The number of piperazine rings is 1. The summed E-state index contributed by atoms with van der Waals surface area (Å²) in [5.74, 6) is 0.0523. The summed E-state index contributed by atoms with van der Waals surface area (Å²) in [6.07, 6.45) is 1.51. The summed E-state index contributed by atoms with van der Waals surface area (Å²) in [4.78, 5) is 45.0. The van der Waals surface area contributed by atoms with Gasteiger partial charge >= 0.3 is 6.09 Å². The molecule has 5 rings (SSSR count). The van der Waals surface area contributed by atoms with Gasteiger partial charge in [-0.15, -0.1) is 0 Å². The van der Waals surface area contributed by atoms with E-state index in [0.29, 0.717) is 37.4 Å². The van der Waals surface area contributed by atoms with Crippen molar-refractivity contribution in [1.82, 2.24) is 20.0 Å². The predicted octanol–water partition coefficient (Wildman–Crippen LogP) is 1.75. The molecule has 4 fully saturated rings. The van der Waals surface area contributed by atoms with E-state index in [2.05, 4.69) is 17.5 Å². The van der Waals surface area contributed by atoms with Gasteiger partial charge in [-0.1, -0.05) is 12.1 Å². The van der Waals surface area contributed by atoms with Crippen molar-refractivity contribution in [1.29, 1.82) is 10.5 Å². The normalized spacial score (nSPS) is 28.9. The molecule has 1 N–H and O–H groups in total. The fraction of sp³-hybridized carbons (Fsp3) is 0.593. The monoisotopic (exact) mass is 504 g/mol. The third kappa shape index (κ3) is 4.99. The Morgan fingerprint density at radius 3 is 2.68 bits per heavy atom. The first-order valence-corrected chi connectivity index (χ1v) is 12.8. The van der Waals surface area contributed by atoms with Crippen LogP contribution in [0.25, 0.3) is 0 Å². The third-order valence-corrected chi connectivity index (χ3v) is 7.71. The van der Waals surface area contributed by atoms with Crippen LogP contribution in [-0.2, 0) is 20.9 Å². The lowest BCUT2D eigenvalue weighted by molar-refractivity contribution is -0.140. The molecule has 0 spiro atoms. The second-order valence-corrected chi connectivity index (χ2v) is 11.5. The van der Waals surface area contributed by atoms with Crippen LogP contribution in [0.5, 0.6) is 0 Å². The largest absolute Gasteiger partial charge is 0.444 e. The number of ether oxygens (including phenoxy) is 1. The second kappa shape index (κ2) is 9.35. The first kappa shape index (κ1) is 25.0. The molecule has 1 aromatic rings. The van der Waals surface area contributed by atoms with Gasteiger partial charge < -0.3 is 19.9 Å². The number of hydrogen-bond acceptors (Lipinski definition) is 7. The molecule has 0 radical (unpaired) electrons. The summed E-state index contributed by atoms with van der Waals surface area (Å²) < 4.78 is 5.42. The van der Waals surface area contributed by atoms with Crippen molar-refractivity contribution in [2.45, 2.75) is 82.4 Å². The van der Waals surface area contributed by atoms with Crippen LogP contribution in [0.3, 0.4) is 0 Å². The first-order chi connectivity index (χ1) is 17.6. The zero-order valence-corrected chi connectivity index (χ0v) is 21.4. The summed E-state index contributed by atoms with van der Waals surface area (Å²) in [7, 11) is 0. The highest BCUT2D eigenvalue weighted by Crippen LogP contribution is 2.48. The second-order valence-electron chi connectivity index (χ2n) is 11.5. The lowest BCUT2D eigenvalue weighted by Gasteiger charge is -2.36. The summed E-state index contributed by atoms with van der Waals surface area (Å²) in [6, 6.07) is 9.88. The number of rotatable bonds is 6. The minimum absolute atomic E-state index is 0.00743. The molecule has 0 aromatic heterocycles. The van der Waals surface area contributed by atoms with Gasteiger partial charge in [0.25, 0.3) is 0 Å². The van der Waals surface area contributed by atoms with E-state index in [9.17, 15) is 24.9 Å². The molecular weight excluding hydrogens is 472 g/mol. The van der Waals surface area contributed by atoms with Crippen LogP contribution in [-0.4, -0.2) is 81.5 Å². The van der Waals surface area contributed by atoms with Gasteiger partial charge in [-0.25, -0.2) is 4.79 Å². The van der Waals surface area contributed by atoms with E-state index in [1.807, 2.05) is 21.9 Å². The molecule has 1 aliphatic carbocycles. The molecule has 194 valence electrons. The van der Waals surface area contributed by atoms with E-state index in [0.717, 1.165) is 12.0 Å². The maximum absolute atomic E-state index is 13.7. The number of fused-ring (bicyclic) bond motifs is 3. The average molecular weight is 505 g/mol. The molecule has 2 unspecified atom stereocenters. The number of carbonyl (C=O) groups is 3. The van der Waals surface area contributed by atoms with Crippen LogP contribution in [0.1, 0.15) is 51.2 Å². The molecule has 1 aromatic carbocycles. The maximum atomic E-state index is 13.7. The van der Waals surface area contributed by atoms with Crippen molar-refractivity contribution >= 4 is 17.9 Å². The smallest absolute Gasteiger partial charge is 0.408 e. The number of likely N-dealkylation sites (tertiary alicyclic amines) is 3. The topological polar surface area (TPSA) is 130 Å². The predicted molar refractivity (Wildman–Crippen MR) is 131 cm³/mol. The fourth-order valence-electron chi connectivity index (χ4n) is 6.02. The lowest BCUT2D eigenvalue weighted by atomic mass is 10.1. The molecule has 1 saturated carbocycles. The van der Waals surface area contributed by atoms with Crippen LogP contribution in [0, 0.1) is 28.6 Å². The van der Waals surface area contributed by atoms with Crippen LogP contribution < -0.4 is 5.32 Å². The number of nitrogens with zero attached hydrogens (tertiary/aromatic N) is 5. The third-order valence-electron chi connectivity index (χ3n) is 7.71. The van der Waals surface area contributed by atoms with E-state index in [1.165, 1.54) is 0 Å². The Labute approximate surface area is 216 Å². The van der Waals surface area contributed by atoms with Crippen molar-refractivity contribution in [2.24, 2.45) is 5.92 Å². The van der Waals surface area contributed by atoms with Gasteiger partial charge in [-0.05, 0) is 63.6 Å². The Hall–Kier alpha value is -3.63. The highest BCUT2D eigenvalue weighted by Gasteiger charge is 2.56. The number of amides is 3. The van der Waals surface area contributed by atoms with Gasteiger partial charge in [0.05, 0.1) is 23.7 Å². The average Bonchev–Trinajstić information content (AvgIpc) is 3.17. The quantitative estimate of drug-likeness (QED) is 0.625. The van der Waals surface area contributed by atoms with Crippen molar-refractivity contribution in [3.63, 3.8) is 0 Å². The van der Waals surface area contributed by atoms with Gasteiger partial charge in [0, 0.05) is 31.7 Å². The van der Waals surface area contributed by atoms with Gasteiger partial charge in [-0.3, -0.25) is 14.5 Å². The van der Waals surface area contributed by atoms with E-state index >= 15 is 0 Å². The molecule has 3 heterocycles. The van der Waals surface area contributed by atoms with Gasteiger partial charge in [0.2, 0.25) is 11.8 Å². The van der Waals surface area contributed by atoms with Crippen molar-refractivity contribution in [2.75, 3.05) is 13.1 Å². The fourth-order valence-corrected chi connectivity index (χ4v) is 6.02.